The Morgan fingerprint density at radius 1 is 1.33 bits per heavy atom. The van der Waals surface area contributed by atoms with E-state index in [1.54, 1.807) is 19.3 Å². The van der Waals surface area contributed by atoms with Crippen molar-refractivity contribution in [3.05, 3.63) is 24.0 Å². The molecule has 6 nitrogen and oxygen atoms in total. The Labute approximate surface area is 125 Å². The summed E-state index contributed by atoms with van der Waals surface area (Å²) in [4.78, 5) is 32.1. The summed E-state index contributed by atoms with van der Waals surface area (Å²) >= 11 is 0. The first-order valence-electron chi connectivity index (χ1n) is 7.19. The molecule has 1 saturated heterocycles. The highest BCUT2D eigenvalue weighted by Crippen LogP contribution is 2.16. The summed E-state index contributed by atoms with van der Waals surface area (Å²) in [6.07, 6.45) is 4.20. The zero-order chi connectivity index (χ0) is 15.4. The fourth-order valence-electron chi connectivity index (χ4n) is 2.43. The number of likely N-dealkylation sites (N-methyl/N-ethyl adjacent to an activating group) is 1. The zero-order valence-corrected chi connectivity index (χ0v) is 12.8. The molecule has 0 aromatic carbocycles. The van der Waals surface area contributed by atoms with Crippen molar-refractivity contribution in [3.63, 3.8) is 0 Å². The van der Waals surface area contributed by atoms with Crippen LogP contribution in [-0.2, 0) is 4.79 Å². The third-order valence-electron chi connectivity index (χ3n) is 3.77. The lowest BCUT2D eigenvalue weighted by Crippen LogP contribution is -2.46. The fraction of sp³-hybridized carbons (Fsp3) is 0.533. The van der Waals surface area contributed by atoms with Gasteiger partial charge in [0, 0.05) is 39.6 Å². The van der Waals surface area contributed by atoms with Crippen LogP contribution in [-0.4, -0.2) is 55.4 Å². The van der Waals surface area contributed by atoms with Crippen LogP contribution in [0.2, 0.25) is 0 Å². The third-order valence-corrected chi connectivity index (χ3v) is 3.77. The van der Waals surface area contributed by atoms with E-state index in [1.807, 2.05) is 25.1 Å². The molecule has 0 spiro atoms. The lowest BCUT2D eigenvalue weighted by atomic mass is 10.1. The molecule has 1 aliphatic rings. The van der Waals surface area contributed by atoms with Gasteiger partial charge in [-0.15, -0.1) is 0 Å². The number of rotatable bonds is 3. The minimum absolute atomic E-state index is 0.0767. The van der Waals surface area contributed by atoms with Crippen molar-refractivity contribution >= 4 is 17.5 Å². The van der Waals surface area contributed by atoms with E-state index in [9.17, 15) is 9.59 Å². The first-order chi connectivity index (χ1) is 10.0. The summed E-state index contributed by atoms with van der Waals surface area (Å²) in [5.74, 6) is -0.298. The maximum absolute atomic E-state index is 12.5. The number of amides is 2. The summed E-state index contributed by atoms with van der Waals surface area (Å²) < 4.78 is 0. The molecule has 1 fully saturated rings. The Balaban J connectivity index is 2.18. The van der Waals surface area contributed by atoms with Crippen LogP contribution in [0.1, 0.15) is 29.8 Å². The first-order valence-corrected chi connectivity index (χ1v) is 7.19. The summed E-state index contributed by atoms with van der Waals surface area (Å²) in [5, 5.41) is 2.85. The van der Waals surface area contributed by atoms with Crippen molar-refractivity contribution in [1.29, 1.82) is 0 Å². The minimum atomic E-state index is -0.412. The number of hydrogen-bond acceptors (Lipinski definition) is 4. The van der Waals surface area contributed by atoms with Crippen molar-refractivity contribution in [3.8, 4) is 0 Å². The van der Waals surface area contributed by atoms with Crippen LogP contribution in [0.25, 0.3) is 0 Å². The van der Waals surface area contributed by atoms with Crippen LogP contribution in [0.15, 0.2) is 18.3 Å². The summed E-state index contributed by atoms with van der Waals surface area (Å²) in [6.45, 7) is 0.686. The molecule has 6 heteroatoms. The summed E-state index contributed by atoms with van der Waals surface area (Å²) in [7, 11) is 5.49. The van der Waals surface area contributed by atoms with Crippen LogP contribution in [0.3, 0.4) is 0 Å². The summed E-state index contributed by atoms with van der Waals surface area (Å²) in [6, 6.07) is 3.17. The molecule has 1 aliphatic heterocycles. The van der Waals surface area contributed by atoms with Crippen LogP contribution >= 0.6 is 0 Å². The molecule has 0 aliphatic carbocycles. The van der Waals surface area contributed by atoms with Crippen molar-refractivity contribution in [2.75, 3.05) is 32.6 Å². The van der Waals surface area contributed by atoms with Crippen molar-refractivity contribution in [1.82, 2.24) is 15.2 Å². The van der Waals surface area contributed by atoms with Gasteiger partial charge in [0.05, 0.1) is 0 Å². The topological polar surface area (TPSA) is 65.5 Å². The maximum atomic E-state index is 12.5. The lowest BCUT2D eigenvalue weighted by Gasteiger charge is -2.25. The van der Waals surface area contributed by atoms with Gasteiger partial charge in [-0.3, -0.25) is 14.6 Å². The quantitative estimate of drug-likeness (QED) is 0.898. The van der Waals surface area contributed by atoms with E-state index in [4.69, 9.17) is 0 Å². The Morgan fingerprint density at radius 2 is 2.10 bits per heavy atom. The average molecular weight is 290 g/mol. The Morgan fingerprint density at radius 3 is 2.81 bits per heavy atom. The van der Waals surface area contributed by atoms with E-state index in [0.717, 1.165) is 18.5 Å². The second kappa shape index (κ2) is 6.56. The number of anilines is 1. The molecule has 0 saturated carbocycles. The molecule has 2 heterocycles. The molecule has 1 N–H and O–H groups in total. The smallest absolute Gasteiger partial charge is 0.272 e. The molecule has 1 atom stereocenters. The maximum Gasteiger partial charge on any atom is 0.272 e. The van der Waals surface area contributed by atoms with Gasteiger partial charge in [-0.05, 0) is 31.4 Å². The van der Waals surface area contributed by atoms with Gasteiger partial charge in [0.1, 0.15) is 11.7 Å². The van der Waals surface area contributed by atoms with Gasteiger partial charge in [0.25, 0.3) is 5.91 Å². The molecular formula is C15H22N4O2. The van der Waals surface area contributed by atoms with Gasteiger partial charge in [0.2, 0.25) is 5.91 Å². The SMILES string of the molecule is CN(C)c1ccnc(C(=O)N(C)[C@H]2CCCCNC2=O)c1. The summed E-state index contributed by atoms with van der Waals surface area (Å²) in [5.41, 5.74) is 1.27. The van der Waals surface area contributed by atoms with Gasteiger partial charge >= 0.3 is 0 Å². The van der Waals surface area contributed by atoms with Gasteiger partial charge in [-0.2, -0.15) is 0 Å². The van der Waals surface area contributed by atoms with E-state index in [1.165, 1.54) is 4.90 Å². The molecule has 2 rings (SSSR count). The van der Waals surface area contributed by atoms with Crippen molar-refractivity contribution in [2.45, 2.75) is 25.3 Å². The molecule has 21 heavy (non-hydrogen) atoms. The molecule has 0 unspecified atom stereocenters. The molecule has 1 aromatic heterocycles. The second-order valence-electron chi connectivity index (χ2n) is 5.51. The third kappa shape index (κ3) is 3.51. The van der Waals surface area contributed by atoms with E-state index >= 15 is 0 Å². The number of nitrogens with zero attached hydrogens (tertiary/aromatic N) is 3. The largest absolute Gasteiger partial charge is 0.378 e. The highest BCUT2D eigenvalue weighted by molar-refractivity contribution is 5.96. The van der Waals surface area contributed by atoms with E-state index in [-0.39, 0.29) is 11.8 Å². The number of pyridine rings is 1. The zero-order valence-electron chi connectivity index (χ0n) is 12.8. The van der Waals surface area contributed by atoms with E-state index < -0.39 is 6.04 Å². The molecule has 114 valence electrons. The molecule has 0 bridgehead atoms. The molecule has 1 aromatic rings. The normalized spacial score (nSPS) is 18.6. The van der Waals surface area contributed by atoms with Crippen LogP contribution in [0.4, 0.5) is 5.69 Å². The number of carbonyl (C=O) groups is 2. The van der Waals surface area contributed by atoms with Gasteiger partial charge in [-0.1, -0.05) is 0 Å². The van der Waals surface area contributed by atoms with Crippen LogP contribution < -0.4 is 10.2 Å². The number of aromatic nitrogens is 1. The fourth-order valence-corrected chi connectivity index (χ4v) is 2.43. The van der Waals surface area contributed by atoms with E-state index in [0.29, 0.717) is 18.7 Å². The lowest BCUT2D eigenvalue weighted by molar-refractivity contribution is -0.125. The van der Waals surface area contributed by atoms with Gasteiger partial charge in [0.15, 0.2) is 0 Å². The van der Waals surface area contributed by atoms with Gasteiger partial charge < -0.3 is 15.1 Å². The standard InChI is InChI=1S/C15H22N4O2/c1-18(2)11-7-9-16-12(10-11)15(21)19(3)13-6-4-5-8-17-14(13)20/h7,9-10,13H,4-6,8H2,1-3H3,(H,17,20)/t13-/m0/s1. The Kier molecular flexibility index (Phi) is 4.77. The average Bonchev–Trinajstić information content (AvgIpc) is 2.70. The predicted octanol–water partition coefficient (Wildman–Crippen LogP) is 0.888. The number of hydrogen-bond donors (Lipinski definition) is 1. The molecule has 0 radical (unpaired) electrons. The van der Waals surface area contributed by atoms with E-state index in [2.05, 4.69) is 10.3 Å². The van der Waals surface area contributed by atoms with Crippen molar-refractivity contribution < 1.29 is 9.59 Å². The van der Waals surface area contributed by atoms with Crippen molar-refractivity contribution in [2.24, 2.45) is 0 Å². The Hall–Kier alpha value is -2.11. The van der Waals surface area contributed by atoms with Gasteiger partial charge in [-0.25, -0.2) is 0 Å². The predicted molar refractivity (Wildman–Crippen MR) is 81.3 cm³/mol. The minimum Gasteiger partial charge on any atom is -0.378 e. The second-order valence-corrected chi connectivity index (χ2v) is 5.51. The number of carbonyl (C=O) groups excluding carboxylic acids is 2. The highest BCUT2D eigenvalue weighted by Gasteiger charge is 2.29. The highest BCUT2D eigenvalue weighted by atomic mass is 16.2. The molecule has 2 amide bonds. The van der Waals surface area contributed by atoms with Crippen LogP contribution in [0.5, 0.6) is 0 Å². The number of nitrogens with one attached hydrogen (secondary N) is 1. The van der Waals surface area contributed by atoms with Crippen LogP contribution in [0, 0.1) is 0 Å². The Bertz CT molecular complexity index is 530. The molecular weight excluding hydrogens is 268 g/mol. The monoisotopic (exact) mass is 290 g/mol. The first kappa shape index (κ1) is 15.3.